The largest absolute Gasteiger partial charge is 0.491 e. The Balaban J connectivity index is -0.000000175. The maximum absolute atomic E-state index is 11.2. The van der Waals surface area contributed by atoms with Crippen LogP contribution in [0.15, 0.2) is 42.0 Å². The van der Waals surface area contributed by atoms with E-state index < -0.39 is 5.97 Å². The Bertz CT molecular complexity index is 607. The quantitative estimate of drug-likeness (QED) is 0.315. The smallest absolute Gasteiger partial charge is 0.330 e. The predicted molar refractivity (Wildman–Crippen MR) is 127 cm³/mol. The Labute approximate surface area is 179 Å². The second-order valence-corrected chi connectivity index (χ2v) is 6.24. The van der Waals surface area contributed by atoms with Gasteiger partial charge in [-0.1, -0.05) is 39.3 Å². The first-order chi connectivity index (χ1) is 13.4. The van der Waals surface area contributed by atoms with Gasteiger partial charge in [0.15, 0.2) is 5.78 Å². The van der Waals surface area contributed by atoms with Crippen molar-refractivity contribution >= 4 is 11.8 Å². The molecule has 1 aromatic rings. The SMILES string of the molecule is C/C=C(\C)C(=O)O.C=C(C)C.CC.CC.CC(=O)c1cc(C)cc(OC(C)C)c1. The Morgan fingerprint density at radius 2 is 1.41 bits per heavy atom. The minimum Gasteiger partial charge on any atom is -0.491 e. The number of hydrogen-bond acceptors (Lipinski definition) is 3. The van der Waals surface area contributed by atoms with Crippen LogP contribution in [0.1, 0.15) is 92.1 Å². The molecule has 0 aliphatic carbocycles. The maximum atomic E-state index is 11.2. The fraction of sp³-hybridized carbons (Fsp3) is 0.520. The van der Waals surface area contributed by atoms with Crippen LogP contribution in [0.3, 0.4) is 0 Å². The first-order valence-corrected chi connectivity index (χ1v) is 10.2. The second-order valence-electron chi connectivity index (χ2n) is 6.24. The number of carbonyl (C=O) groups excluding carboxylic acids is 1. The van der Waals surface area contributed by atoms with Gasteiger partial charge in [0.1, 0.15) is 5.75 Å². The molecule has 0 aliphatic heterocycles. The summed E-state index contributed by atoms with van der Waals surface area (Å²) in [4.78, 5) is 21.0. The van der Waals surface area contributed by atoms with Gasteiger partial charge in [-0.2, -0.15) is 0 Å². The predicted octanol–water partition coefficient (Wildman–Crippen LogP) is 7.66. The standard InChI is InChI=1S/C12H16O2.C5H8O2.C4H8.2C2H6/c1-8(2)14-12-6-9(3)5-11(7-12)10(4)13;1-3-4(2)5(6)7;1-4(2)3;2*1-2/h5-8H,1-4H3;3H,1-2H3,(H,6,7);1H2,2-3H3;2*1-2H3/b;4-3+;;;. The number of carboxylic acid groups (broad SMARTS) is 1. The number of ketones is 1. The molecule has 0 bridgehead atoms. The van der Waals surface area contributed by atoms with Crippen molar-refractivity contribution in [2.45, 2.75) is 89.2 Å². The summed E-state index contributed by atoms with van der Waals surface area (Å²) in [5.41, 5.74) is 3.31. The Morgan fingerprint density at radius 1 is 1.00 bits per heavy atom. The lowest BCUT2D eigenvalue weighted by Gasteiger charge is -2.11. The fourth-order valence-corrected chi connectivity index (χ4v) is 1.41. The number of hydrogen-bond donors (Lipinski definition) is 1. The molecule has 0 fully saturated rings. The molecule has 0 unspecified atom stereocenters. The van der Waals surface area contributed by atoms with Crippen LogP contribution in [0.2, 0.25) is 0 Å². The van der Waals surface area contributed by atoms with Crippen molar-refractivity contribution in [2.24, 2.45) is 0 Å². The first kappa shape index (κ1) is 34.2. The third-order valence-corrected chi connectivity index (χ3v) is 2.60. The number of ether oxygens (including phenoxy) is 1. The van der Waals surface area contributed by atoms with Gasteiger partial charge in [-0.25, -0.2) is 4.79 Å². The summed E-state index contributed by atoms with van der Waals surface area (Å²) in [6.45, 7) is 26.2. The normalized spacial score (nSPS) is 9.07. The molecule has 0 spiro atoms. The van der Waals surface area contributed by atoms with E-state index in [0.717, 1.165) is 11.3 Å². The lowest BCUT2D eigenvalue weighted by Crippen LogP contribution is -2.06. The van der Waals surface area contributed by atoms with E-state index in [1.807, 2.05) is 74.4 Å². The van der Waals surface area contributed by atoms with Gasteiger partial charge in [-0.15, -0.1) is 6.58 Å². The van der Waals surface area contributed by atoms with Gasteiger partial charge in [0, 0.05) is 11.1 Å². The number of benzene rings is 1. The topological polar surface area (TPSA) is 63.6 Å². The van der Waals surface area contributed by atoms with E-state index in [9.17, 15) is 9.59 Å². The molecule has 1 rings (SSSR count). The number of rotatable bonds is 4. The number of aryl methyl sites for hydroxylation is 1. The lowest BCUT2D eigenvalue weighted by molar-refractivity contribution is -0.132. The summed E-state index contributed by atoms with van der Waals surface area (Å²) < 4.78 is 5.53. The number of aliphatic carboxylic acids is 1. The zero-order valence-corrected chi connectivity index (χ0v) is 20.8. The van der Waals surface area contributed by atoms with Crippen molar-refractivity contribution in [3.63, 3.8) is 0 Å². The number of allylic oxidation sites excluding steroid dienone is 2. The van der Waals surface area contributed by atoms with Crippen LogP contribution < -0.4 is 4.74 Å². The summed E-state index contributed by atoms with van der Waals surface area (Å²) >= 11 is 0. The van der Waals surface area contributed by atoms with E-state index in [4.69, 9.17) is 9.84 Å². The molecular formula is C25H44O4. The van der Waals surface area contributed by atoms with Crippen molar-refractivity contribution in [2.75, 3.05) is 0 Å². The summed E-state index contributed by atoms with van der Waals surface area (Å²) in [7, 11) is 0. The van der Waals surface area contributed by atoms with Crippen molar-refractivity contribution in [1.82, 2.24) is 0 Å². The van der Waals surface area contributed by atoms with E-state index in [-0.39, 0.29) is 11.9 Å². The Kier molecular flexibility index (Phi) is 25.8. The molecule has 0 radical (unpaired) electrons. The van der Waals surface area contributed by atoms with E-state index >= 15 is 0 Å². The second kappa shape index (κ2) is 21.9. The third kappa shape index (κ3) is 25.6. The summed E-state index contributed by atoms with van der Waals surface area (Å²) in [6, 6.07) is 5.59. The van der Waals surface area contributed by atoms with Crippen molar-refractivity contribution in [3.8, 4) is 5.75 Å². The van der Waals surface area contributed by atoms with Crippen LogP contribution in [-0.2, 0) is 4.79 Å². The highest BCUT2D eigenvalue weighted by Crippen LogP contribution is 2.18. The third-order valence-electron chi connectivity index (χ3n) is 2.60. The number of carbonyl (C=O) groups is 2. The molecule has 0 atom stereocenters. The Hall–Kier alpha value is -2.36. The maximum Gasteiger partial charge on any atom is 0.330 e. The molecular weight excluding hydrogens is 364 g/mol. The number of carboxylic acids is 1. The molecule has 168 valence electrons. The van der Waals surface area contributed by atoms with Crippen molar-refractivity contribution in [1.29, 1.82) is 0 Å². The van der Waals surface area contributed by atoms with Crippen LogP contribution >= 0.6 is 0 Å². The molecule has 4 nitrogen and oxygen atoms in total. The summed E-state index contributed by atoms with van der Waals surface area (Å²) in [5.74, 6) is -0.00462. The van der Waals surface area contributed by atoms with E-state index in [1.54, 1.807) is 32.9 Å². The molecule has 1 aromatic carbocycles. The molecule has 29 heavy (non-hydrogen) atoms. The first-order valence-electron chi connectivity index (χ1n) is 10.2. The van der Waals surface area contributed by atoms with Gasteiger partial charge in [0.05, 0.1) is 6.10 Å². The van der Waals surface area contributed by atoms with Gasteiger partial charge in [0.2, 0.25) is 0 Å². The zero-order chi connectivity index (χ0) is 24.2. The van der Waals surface area contributed by atoms with Gasteiger partial charge < -0.3 is 9.84 Å². The average Bonchev–Trinajstić information content (AvgIpc) is 2.63. The van der Waals surface area contributed by atoms with E-state index in [2.05, 4.69) is 6.58 Å². The van der Waals surface area contributed by atoms with E-state index in [0.29, 0.717) is 11.1 Å². The van der Waals surface area contributed by atoms with Crippen LogP contribution in [0, 0.1) is 6.92 Å². The molecule has 4 heteroatoms. The average molecular weight is 409 g/mol. The van der Waals surface area contributed by atoms with Crippen LogP contribution in [0.25, 0.3) is 0 Å². The van der Waals surface area contributed by atoms with Gasteiger partial charge in [-0.3, -0.25) is 4.79 Å². The molecule has 0 aliphatic rings. The molecule has 0 saturated carbocycles. The molecule has 1 N–H and O–H groups in total. The van der Waals surface area contributed by atoms with Crippen molar-refractivity contribution < 1.29 is 19.4 Å². The minimum absolute atomic E-state index is 0.0716. The fourth-order valence-electron chi connectivity index (χ4n) is 1.41. The van der Waals surface area contributed by atoms with E-state index in [1.165, 1.54) is 5.57 Å². The highest BCUT2D eigenvalue weighted by Gasteiger charge is 2.04. The van der Waals surface area contributed by atoms with Crippen LogP contribution in [0.5, 0.6) is 5.75 Å². The summed E-state index contributed by atoms with van der Waals surface area (Å²) in [5, 5.41) is 8.11. The van der Waals surface area contributed by atoms with Gasteiger partial charge in [0.25, 0.3) is 0 Å². The highest BCUT2D eigenvalue weighted by atomic mass is 16.5. The number of Topliss-reactive ketones (excluding diaryl/α,β-unsaturated/α-hetero) is 1. The van der Waals surface area contributed by atoms with Gasteiger partial charge >= 0.3 is 5.97 Å². The van der Waals surface area contributed by atoms with Crippen molar-refractivity contribution in [3.05, 3.63) is 53.1 Å². The molecule has 0 saturated heterocycles. The molecule has 0 aromatic heterocycles. The highest BCUT2D eigenvalue weighted by molar-refractivity contribution is 5.94. The molecule has 0 amide bonds. The monoisotopic (exact) mass is 408 g/mol. The van der Waals surface area contributed by atoms with Crippen LogP contribution in [0.4, 0.5) is 0 Å². The summed E-state index contributed by atoms with van der Waals surface area (Å²) in [6.07, 6.45) is 1.69. The minimum atomic E-state index is -0.845. The van der Waals surface area contributed by atoms with Gasteiger partial charge in [-0.05, 0) is 79.2 Å². The molecule has 0 heterocycles. The van der Waals surface area contributed by atoms with Crippen LogP contribution in [-0.4, -0.2) is 23.0 Å². The lowest BCUT2D eigenvalue weighted by atomic mass is 10.1. The zero-order valence-electron chi connectivity index (χ0n) is 20.8. The Morgan fingerprint density at radius 3 is 1.66 bits per heavy atom.